The van der Waals surface area contributed by atoms with Crippen LogP contribution in [0.4, 0.5) is 0 Å². The van der Waals surface area contributed by atoms with Crippen LogP contribution in [0.25, 0.3) is 21.3 Å². The summed E-state index contributed by atoms with van der Waals surface area (Å²) in [5.41, 5.74) is 1.72. The lowest BCUT2D eigenvalue weighted by molar-refractivity contribution is -0.121. The van der Waals surface area contributed by atoms with Crippen molar-refractivity contribution in [1.82, 2.24) is 14.9 Å². The van der Waals surface area contributed by atoms with Gasteiger partial charge in [-0.1, -0.05) is 36.4 Å². The number of hydrogen-bond donors (Lipinski definition) is 1. The topological polar surface area (TPSA) is 64.0 Å². The predicted molar refractivity (Wildman–Crippen MR) is 115 cm³/mol. The molecule has 0 atom stereocenters. The summed E-state index contributed by atoms with van der Waals surface area (Å²) in [5.74, 6) is -0.187. The van der Waals surface area contributed by atoms with E-state index in [0.29, 0.717) is 16.8 Å². The van der Waals surface area contributed by atoms with E-state index in [4.69, 9.17) is 0 Å². The number of benzene rings is 1. The van der Waals surface area contributed by atoms with Gasteiger partial charge in [0.15, 0.2) is 0 Å². The number of carbonyl (C=O) groups excluding carboxylic acids is 1. The zero-order valence-corrected chi connectivity index (χ0v) is 17.0. The van der Waals surface area contributed by atoms with Gasteiger partial charge < -0.3 is 5.32 Å². The highest BCUT2D eigenvalue weighted by Gasteiger charge is 2.17. The number of nitrogens with one attached hydrogen (secondary N) is 1. The molecule has 0 aliphatic carbocycles. The van der Waals surface area contributed by atoms with Crippen LogP contribution >= 0.6 is 22.7 Å². The second kappa shape index (κ2) is 8.08. The van der Waals surface area contributed by atoms with Crippen molar-refractivity contribution in [3.8, 4) is 11.1 Å². The van der Waals surface area contributed by atoms with Crippen molar-refractivity contribution >= 4 is 38.8 Å². The fraction of sp³-hybridized carbons (Fsp3) is 0.190. The predicted octanol–water partition coefficient (Wildman–Crippen LogP) is 3.85. The Kier molecular flexibility index (Phi) is 5.36. The summed E-state index contributed by atoms with van der Waals surface area (Å²) < 4.78 is 1.39. The quantitative estimate of drug-likeness (QED) is 0.526. The Morgan fingerprint density at radius 3 is 2.75 bits per heavy atom. The molecule has 0 fully saturated rings. The lowest BCUT2D eigenvalue weighted by atomic mass is 10.0. The van der Waals surface area contributed by atoms with Gasteiger partial charge in [-0.05, 0) is 30.4 Å². The summed E-state index contributed by atoms with van der Waals surface area (Å²) in [5, 5.41) is 5.48. The van der Waals surface area contributed by atoms with E-state index in [1.807, 2.05) is 54.8 Å². The first-order valence-corrected chi connectivity index (χ1v) is 10.7. The first kappa shape index (κ1) is 18.6. The minimum absolute atomic E-state index is 0.0324. The number of hydrogen-bond acceptors (Lipinski definition) is 5. The highest BCUT2D eigenvalue weighted by atomic mass is 32.1. The van der Waals surface area contributed by atoms with Crippen molar-refractivity contribution in [1.29, 1.82) is 0 Å². The molecule has 7 heteroatoms. The SMILES string of the molecule is Cc1sc2ncn(CC(=O)NCCc3cccs3)c(=O)c2c1-c1ccccc1. The zero-order chi connectivity index (χ0) is 19.5. The number of fused-ring (bicyclic) bond motifs is 1. The van der Waals surface area contributed by atoms with Gasteiger partial charge in [0.2, 0.25) is 5.91 Å². The molecule has 4 aromatic rings. The molecule has 0 saturated carbocycles. The lowest BCUT2D eigenvalue weighted by Gasteiger charge is -2.07. The van der Waals surface area contributed by atoms with Crippen LogP contribution in [0.3, 0.4) is 0 Å². The van der Waals surface area contributed by atoms with Gasteiger partial charge in [0, 0.05) is 21.9 Å². The van der Waals surface area contributed by atoms with Gasteiger partial charge >= 0.3 is 0 Å². The molecule has 0 spiro atoms. The van der Waals surface area contributed by atoms with Crippen LogP contribution in [0.15, 0.2) is 59.0 Å². The Morgan fingerprint density at radius 1 is 1.18 bits per heavy atom. The first-order chi connectivity index (χ1) is 13.6. The monoisotopic (exact) mass is 409 g/mol. The maximum absolute atomic E-state index is 13.1. The van der Waals surface area contributed by atoms with Crippen molar-refractivity contribution in [2.45, 2.75) is 19.9 Å². The average molecular weight is 410 g/mol. The average Bonchev–Trinajstić information content (AvgIpc) is 3.32. The molecule has 0 radical (unpaired) electrons. The third-order valence-electron chi connectivity index (χ3n) is 4.50. The molecule has 0 unspecified atom stereocenters. The fourth-order valence-corrected chi connectivity index (χ4v) is 4.91. The van der Waals surface area contributed by atoms with Crippen molar-refractivity contribution in [2.24, 2.45) is 0 Å². The molecular formula is C21H19N3O2S2. The van der Waals surface area contributed by atoms with Crippen LogP contribution < -0.4 is 10.9 Å². The van der Waals surface area contributed by atoms with Gasteiger partial charge in [-0.2, -0.15) is 0 Å². The van der Waals surface area contributed by atoms with E-state index in [-0.39, 0.29) is 18.0 Å². The summed E-state index contributed by atoms with van der Waals surface area (Å²) in [6.07, 6.45) is 2.26. The highest BCUT2D eigenvalue weighted by Crippen LogP contribution is 2.35. The fourth-order valence-electron chi connectivity index (χ4n) is 3.19. The Labute approximate surface area is 170 Å². The number of thiophene rings is 2. The van der Waals surface area contributed by atoms with Crippen LogP contribution in [0, 0.1) is 6.92 Å². The third kappa shape index (κ3) is 3.76. The van der Waals surface area contributed by atoms with Gasteiger partial charge in [0.25, 0.3) is 5.56 Å². The standard InChI is InChI=1S/C21H19N3O2S2/c1-14-18(15-6-3-2-4-7-15)19-20(28-14)23-13-24(21(19)26)12-17(25)22-10-9-16-8-5-11-27-16/h2-8,11,13H,9-10,12H2,1H3,(H,22,25). The second-order valence-corrected chi connectivity index (χ2v) is 8.67. The van der Waals surface area contributed by atoms with E-state index < -0.39 is 0 Å². The maximum atomic E-state index is 13.1. The molecule has 28 heavy (non-hydrogen) atoms. The first-order valence-electron chi connectivity index (χ1n) is 8.96. The smallest absolute Gasteiger partial charge is 0.263 e. The zero-order valence-electron chi connectivity index (χ0n) is 15.3. The van der Waals surface area contributed by atoms with E-state index in [2.05, 4.69) is 10.3 Å². The minimum Gasteiger partial charge on any atom is -0.354 e. The molecule has 142 valence electrons. The number of nitrogens with zero attached hydrogens (tertiary/aromatic N) is 2. The molecular weight excluding hydrogens is 390 g/mol. The molecule has 0 bridgehead atoms. The summed E-state index contributed by atoms with van der Waals surface area (Å²) >= 11 is 3.17. The molecule has 4 rings (SSSR count). The Morgan fingerprint density at radius 2 is 2.00 bits per heavy atom. The van der Waals surface area contributed by atoms with Crippen molar-refractivity contribution in [3.05, 3.63) is 74.3 Å². The molecule has 1 aromatic carbocycles. The lowest BCUT2D eigenvalue weighted by Crippen LogP contribution is -2.33. The molecule has 5 nitrogen and oxygen atoms in total. The number of rotatable bonds is 6. The van der Waals surface area contributed by atoms with E-state index in [9.17, 15) is 9.59 Å². The normalized spacial score (nSPS) is 11.0. The van der Waals surface area contributed by atoms with Crippen molar-refractivity contribution in [3.63, 3.8) is 0 Å². The highest BCUT2D eigenvalue weighted by molar-refractivity contribution is 7.19. The van der Waals surface area contributed by atoms with E-state index in [1.165, 1.54) is 27.1 Å². The number of amides is 1. The van der Waals surface area contributed by atoms with E-state index in [0.717, 1.165) is 22.4 Å². The second-order valence-electron chi connectivity index (χ2n) is 6.44. The van der Waals surface area contributed by atoms with Gasteiger partial charge in [0.1, 0.15) is 11.4 Å². The molecule has 0 aliphatic rings. The van der Waals surface area contributed by atoms with Gasteiger partial charge in [-0.25, -0.2) is 4.98 Å². The molecule has 3 aromatic heterocycles. The number of aryl methyl sites for hydroxylation is 1. The number of aromatic nitrogens is 2. The van der Waals surface area contributed by atoms with Crippen molar-refractivity contribution in [2.75, 3.05) is 6.54 Å². The van der Waals surface area contributed by atoms with Crippen LogP contribution in [0.1, 0.15) is 9.75 Å². The number of carbonyl (C=O) groups is 1. The summed E-state index contributed by atoms with van der Waals surface area (Å²) in [7, 11) is 0. The Hall–Kier alpha value is -2.77. The van der Waals surface area contributed by atoms with Gasteiger partial charge in [-0.15, -0.1) is 22.7 Å². The van der Waals surface area contributed by atoms with Gasteiger partial charge in [0.05, 0.1) is 11.7 Å². The Bertz CT molecular complexity index is 1160. The minimum atomic E-state index is -0.187. The largest absolute Gasteiger partial charge is 0.354 e. The van der Waals surface area contributed by atoms with E-state index >= 15 is 0 Å². The van der Waals surface area contributed by atoms with Gasteiger partial charge in [-0.3, -0.25) is 14.2 Å². The molecule has 0 aliphatic heterocycles. The molecule has 1 N–H and O–H groups in total. The molecule has 0 saturated heterocycles. The summed E-state index contributed by atoms with van der Waals surface area (Å²) in [6.45, 7) is 2.52. The van der Waals surface area contributed by atoms with E-state index in [1.54, 1.807) is 11.3 Å². The van der Waals surface area contributed by atoms with Crippen LogP contribution in [0.5, 0.6) is 0 Å². The van der Waals surface area contributed by atoms with Crippen LogP contribution in [-0.4, -0.2) is 22.0 Å². The van der Waals surface area contributed by atoms with Crippen LogP contribution in [0.2, 0.25) is 0 Å². The maximum Gasteiger partial charge on any atom is 0.263 e. The van der Waals surface area contributed by atoms with Crippen molar-refractivity contribution < 1.29 is 4.79 Å². The molecule has 3 heterocycles. The third-order valence-corrected chi connectivity index (χ3v) is 6.45. The van der Waals surface area contributed by atoms with Crippen LogP contribution in [-0.2, 0) is 17.8 Å². The molecule has 1 amide bonds. The summed E-state index contributed by atoms with van der Waals surface area (Å²) in [4.78, 5) is 32.8. The Balaban J connectivity index is 1.57. The summed E-state index contributed by atoms with van der Waals surface area (Å²) in [6, 6.07) is 13.9.